The Kier molecular flexibility index (Phi) is 4.78. The van der Waals surface area contributed by atoms with E-state index in [0.29, 0.717) is 19.2 Å². The minimum Gasteiger partial charge on any atom is -0.366 e. The highest BCUT2D eigenvalue weighted by molar-refractivity contribution is 5.48. The zero-order valence-corrected chi connectivity index (χ0v) is 11.6. The molecule has 0 radical (unpaired) electrons. The average Bonchev–Trinajstić information content (AvgIpc) is 2.49. The van der Waals surface area contributed by atoms with Gasteiger partial charge in [-0.25, -0.2) is 0 Å². The molecular weight excluding hydrogens is 238 g/mol. The van der Waals surface area contributed by atoms with E-state index in [4.69, 9.17) is 10.00 Å². The third kappa shape index (κ3) is 3.25. The first-order valence-electron chi connectivity index (χ1n) is 6.82. The molecule has 1 aliphatic rings. The number of nitriles is 1. The summed E-state index contributed by atoms with van der Waals surface area (Å²) in [5.74, 6) is 0. The van der Waals surface area contributed by atoms with Gasteiger partial charge in [-0.15, -0.1) is 0 Å². The molecule has 1 aromatic carbocycles. The molecule has 0 bridgehead atoms. The number of nitrogens with one attached hydrogen (secondary N) is 1. The zero-order chi connectivity index (χ0) is 13.7. The van der Waals surface area contributed by atoms with E-state index in [1.807, 2.05) is 7.05 Å². The van der Waals surface area contributed by atoms with Crippen LogP contribution in [0.4, 0.5) is 5.69 Å². The summed E-state index contributed by atoms with van der Waals surface area (Å²) in [5, 5.41) is 12.2. The van der Waals surface area contributed by atoms with Crippen molar-refractivity contribution in [2.75, 3.05) is 31.6 Å². The number of nitrogens with zero attached hydrogens (tertiary/aromatic N) is 2. The van der Waals surface area contributed by atoms with Crippen molar-refractivity contribution in [1.82, 2.24) is 5.32 Å². The van der Waals surface area contributed by atoms with Crippen LogP contribution in [0.15, 0.2) is 24.3 Å². The molecule has 1 aromatic rings. The largest absolute Gasteiger partial charge is 0.366 e. The molecule has 1 N–H and O–H groups in total. The van der Waals surface area contributed by atoms with E-state index in [9.17, 15) is 0 Å². The minimum atomic E-state index is -0.311. The van der Waals surface area contributed by atoms with Crippen molar-refractivity contribution in [3.63, 3.8) is 0 Å². The van der Waals surface area contributed by atoms with Crippen molar-refractivity contribution in [2.45, 2.75) is 25.5 Å². The molecular formula is C15H21N3O. The lowest BCUT2D eigenvalue weighted by Gasteiger charge is -2.31. The highest BCUT2D eigenvalue weighted by atomic mass is 16.5. The van der Waals surface area contributed by atoms with Crippen molar-refractivity contribution in [3.8, 4) is 6.07 Å². The van der Waals surface area contributed by atoms with Gasteiger partial charge in [-0.2, -0.15) is 5.26 Å². The van der Waals surface area contributed by atoms with Gasteiger partial charge < -0.3 is 15.0 Å². The fraction of sp³-hybridized carbons (Fsp3) is 0.533. The Hall–Kier alpha value is -1.57. The number of morpholine rings is 1. The minimum absolute atomic E-state index is 0.311. The summed E-state index contributed by atoms with van der Waals surface area (Å²) < 4.78 is 5.36. The summed E-state index contributed by atoms with van der Waals surface area (Å²) >= 11 is 0. The molecule has 1 fully saturated rings. The first kappa shape index (κ1) is 13.9. The SMILES string of the molecule is CCC(NC)c1ccc(N2CCOC(C#N)C2)cc1. The molecule has 0 amide bonds. The van der Waals surface area contributed by atoms with Crippen molar-refractivity contribution < 1.29 is 4.74 Å². The molecule has 1 saturated heterocycles. The molecule has 102 valence electrons. The van der Waals surface area contributed by atoms with E-state index in [1.54, 1.807) is 0 Å². The average molecular weight is 259 g/mol. The van der Waals surface area contributed by atoms with E-state index in [0.717, 1.165) is 13.0 Å². The van der Waals surface area contributed by atoms with Crippen LogP contribution in [0.1, 0.15) is 24.9 Å². The Morgan fingerprint density at radius 2 is 2.21 bits per heavy atom. The summed E-state index contributed by atoms with van der Waals surface area (Å²) in [4.78, 5) is 2.21. The zero-order valence-electron chi connectivity index (χ0n) is 11.6. The molecule has 1 aliphatic heterocycles. The second kappa shape index (κ2) is 6.55. The van der Waals surface area contributed by atoms with Crippen LogP contribution in [0, 0.1) is 11.3 Å². The molecule has 1 heterocycles. The van der Waals surface area contributed by atoms with Gasteiger partial charge in [0.1, 0.15) is 0 Å². The molecule has 0 saturated carbocycles. The molecule has 4 nitrogen and oxygen atoms in total. The van der Waals surface area contributed by atoms with Gasteiger partial charge >= 0.3 is 0 Å². The van der Waals surface area contributed by atoms with Crippen LogP contribution in [0.3, 0.4) is 0 Å². The third-order valence-electron chi connectivity index (χ3n) is 3.63. The van der Waals surface area contributed by atoms with Crippen molar-refractivity contribution in [3.05, 3.63) is 29.8 Å². The topological polar surface area (TPSA) is 48.3 Å². The van der Waals surface area contributed by atoms with Gasteiger partial charge in [0.25, 0.3) is 0 Å². The van der Waals surface area contributed by atoms with E-state index in [1.165, 1.54) is 11.3 Å². The normalized spacial score (nSPS) is 20.9. The molecule has 0 aliphatic carbocycles. The lowest BCUT2D eigenvalue weighted by molar-refractivity contribution is 0.0764. The lowest BCUT2D eigenvalue weighted by atomic mass is 10.0. The van der Waals surface area contributed by atoms with Crippen LogP contribution < -0.4 is 10.2 Å². The smallest absolute Gasteiger partial charge is 0.161 e. The lowest BCUT2D eigenvalue weighted by Crippen LogP contribution is -2.41. The second-order valence-electron chi connectivity index (χ2n) is 4.78. The standard InChI is InChI=1S/C15H21N3O/c1-3-15(17-2)12-4-6-13(7-5-12)18-8-9-19-14(10-16)11-18/h4-7,14-15,17H,3,8-9,11H2,1-2H3. The van der Waals surface area contributed by atoms with E-state index in [2.05, 4.69) is 47.5 Å². The Labute approximate surface area is 115 Å². The monoisotopic (exact) mass is 259 g/mol. The van der Waals surface area contributed by atoms with Gasteiger partial charge in [-0.05, 0) is 31.2 Å². The molecule has 0 aromatic heterocycles. The quantitative estimate of drug-likeness (QED) is 0.899. The van der Waals surface area contributed by atoms with Gasteiger partial charge in [0.2, 0.25) is 0 Å². The Morgan fingerprint density at radius 1 is 1.47 bits per heavy atom. The summed E-state index contributed by atoms with van der Waals surface area (Å²) in [5.41, 5.74) is 2.47. The highest BCUT2D eigenvalue weighted by Crippen LogP contribution is 2.22. The van der Waals surface area contributed by atoms with Crippen molar-refractivity contribution in [2.24, 2.45) is 0 Å². The summed E-state index contributed by atoms with van der Waals surface area (Å²) in [6.07, 6.45) is 0.762. The molecule has 2 rings (SSSR count). The number of hydrogen-bond donors (Lipinski definition) is 1. The first-order chi connectivity index (χ1) is 9.28. The Bertz CT molecular complexity index is 434. The molecule has 2 unspecified atom stereocenters. The number of rotatable bonds is 4. The van der Waals surface area contributed by atoms with Crippen molar-refractivity contribution in [1.29, 1.82) is 5.26 Å². The fourth-order valence-electron chi connectivity index (χ4n) is 2.49. The van der Waals surface area contributed by atoms with Crippen LogP contribution in [0.2, 0.25) is 0 Å². The van der Waals surface area contributed by atoms with E-state index < -0.39 is 0 Å². The maximum atomic E-state index is 8.93. The summed E-state index contributed by atoms with van der Waals surface area (Å²) in [6.45, 7) is 4.29. The van der Waals surface area contributed by atoms with Crippen molar-refractivity contribution >= 4 is 5.69 Å². The van der Waals surface area contributed by atoms with Crippen LogP contribution in [0.25, 0.3) is 0 Å². The van der Waals surface area contributed by atoms with Gasteiger partial charge in [0.05, 0.1) is 19.2 Å². The number of benzene rings is 1. The number of hydrogen-bond acceptors (Lipinski definition) is 4. The first-order valence-corrected chi connectivity index (χ1v) is 6.82. The van der Waals surface area contributed by atoms with Gasteiger partial charge in [0, 0.05) is 18.3 Å². The van der Waals surface area contributed by atoms with Gasteiger partial charge in [0.15, 0.2) is 6.10 Å². The van der Waals surface area contributed by atoms with Gasteiger partial charge in [-0.1, -0.05) is 19.1 Å². The molecule has 2 atom stereocenters. The molecule has 19 heavy (non-hydrogen) atoms. The Balaban J connectivity index is 2.08. The molecule has 0 spiro atoms. The summed E-state index contributed by atoms with van der Waals surface area (Å²) in [7, 11) is 1.99. The number of ether oxygens (including phenoxy) is 1. The summed E-state index contributed by atoms with van der Waals surface area (Å²) in [6, 6.07) is 11.2. The van der Waals surface area contributed by atoms with Crippen LogP contribution >= 0.6 is 0 Å². The van der Waals surface area contributed by atoms with E-state index in [-0.39, 0.29) is 6.10 Å². The van der Waals surface area contributed by atoms with Crippen LogP contribution in [-0.2, 0) is 4.74 Å². The highest BCUT2D eigenvalue weighted by Gasteiger charge is 2.20. The second-order valence-corrected chi connectivity index (χ2v) is 4.78. The third-order valence-corrected chi connectivity index (χ3v) is 3.63. The van der Waals surface area contributed by atoms with E-state index >= 15 is 0 Å². The fourth-order valence-corrected chi connectivity index (χ4v) is 2.49. The number of anilines is 1. The molecule has 4 heteroatoms. The maximum absolute atomic E-state index is 8.93. The predicted octanol–water partition coefficient (Wildman–Crippen LogP) is 2.09. The maximum Gasteiger partial charge on any atom is 0.161 e. The van der Waals surface area contributed by atoms with Crippen LogP contribution in [-0.4, -0.2) is 32.8 Å². The van der Waals surface area contributed by atoms with Gasteiger partial charge in [-0.3, -0.25) is 0 Å². The van der Waals surface area contributed by atoms with Crippen LogP contribution in [0.5, 0.6) is 0 Å². The predicted molar refractivity (Wildman–Crippen MR) is 76.1 cm³/mol. The Morgan fingerprint density at radius 3 is 2.79 bits per heavy atom.